The molecule has 2 fully saturated rings. The molecule has 0 radical (unpaired) electrons. The molecule has 0 aromatic carbocycles. The lowest BCUT2D eigenvalue weighted by Gasteiger charge is -2.13. The number of fused-ring (bicyclic) bond motifs is 1. The van der Waals surface area contributed by atoms with Crippen LogP contribution in [0.1, 0.15) is 42.1 Å². The lowest BCUT2D eigenvalue weighted by Crippen LogP contribution is -2.31. The molecule has 0 unspecified atom stereocenters. The Hall–Kier alpha value is -3.40. The number of pyridine rings is 1. The molecule has 10 heteroatoms. The monoisotopic (exact) mass is 423 g/mol. The molecule has 3 heterocycles. The second kappa shape index (κ2) is 7.38. The molecule has 3 aromatic rings. The molecule has 4 N–H and O–H groups in total. The number of aliphatic hydroxyl groups excluding tert-OH is 1. The van der Waals surface area contributed by atoms with Crippen LogP contribution in [0.25, 0.3) is 5.65 Å². The van der Waals surface area contributed by atoms with Crippen molar-refractivity contribution in [1.29, 1.82) is 0 Å². The van der Waals surface area contributed by atoms with Crippen LogP contribution in [-0.4, -0.2) is 50.4 Å². The number of aliphatic hydroxyl groups is 1. The molecular formula is C21H25N7O3. The molecule has 0 saturated heterocycles. The molecule has 2 aliphatic rings. The summed E-state index contributed by atoms with van der Waals surface area (Å²) in [6, 6.07) is 5.57. The number of anilines is 3. The maximum absolute atomic E-state index is 12.8. The lowest BCUT2D eigenvalue weighted by molar-refractivity contribution is 0.0936. The van der Waals surface area contributed by atoms with Crippen molar-refractivity contribution in [2.75, 3.05) is 30.8 Å². The van der Waals surface area contributed by atoms with Gasteiger partial charge in [0.1, 0.15) is 22.9 Å². The minimum atomic E-state index is -0.294. The number of hydrogen-bond donors (Lipinski definition) is 4. The van der Waals surface area contributed by atoms with E-state index in [1.165, 1.54) is 6.20 Å². The second-order valence-electron chi connectivity index (χ2n) is 8.40. The van der Waals surface area contributed by atoms with Crippen molar-refractivity contribution in [1.82, 2.24) is 24.5 Å². The summed E-state index contributed by atoms with van der Waals surface area (Å²) in [4.78, 5) is 30.1. The molecule has 0 spiro atoms. The van der Waals surface area contributed by atoms with E-state index in [9.17, 15) is 14.7 Å². The minimum absolute atomic E-state index is 0.0632. The quantitative estimate of drug-likeness (QED) is 0.433. The van der Waals surface area contributed by atoms with Gasteiger partial charge in [0.25, 0.3) is 11.5 Å². The third-order valence-corrected chi connectivity index (χ3v) is 6.07. The van der Waals surface area contributed by atoms with Crippen LogP contribution < -0.4 is 21.5 Å². The Morgan fingerprint density at radius 1 is 1.35 bits per heavy atom. The summed E-state index contributed by atoms with van der Waals surface area (Å²) in [5, 5.41) is 22.8. The van der Waals surface area contributed by atoms with E-state index in [2.05, 4.69) is 26.0 Å². The summed E-state index contributed by atoms with van der Waals surface area (Å²) in [5.74, 6) is 0.766. The highest BCUT2D eigenvalue weighted by atomic mass is 16.3. The maximum Gasteiger partial charge on any atom is 0.274 e. The first-order valence-electron chi connectivity index (χ1n) is 10.5. The minimum Gasteiger partial charge on any atom is -0.396 e. The number of nitrogens with zero attached hydrogens (tertiary/aromatic N) is 4. The van der Waals surface area contributed by atoms with Crippen LogP contribution in [0.3, 0.4) is 0 Å². The molecular weight excluding hydrogens is 398 g/mol. The van der Waals surface area contributed by atoms with Crippen molar-refractivity contribution in [3.05, 3.63) is 46.5 Å². The van der Waals surface area contributed by atoms with E-state index in [0.717, 1.165) is 25.7 Å². The first kappa shape index (κ1) is 19.6. The van der Waals surface area contributed by atoms with Crippen LogP contribution >= 0.6 is 0 Å². The smallest absolute Gasteiger partial charge is 0.274 e. The van der Waals surface area contributed by atoms with Crippen molar-refractivity contribution in [3.63, 3.8) is 0 Å². The van der Waals surface area contributed by atoms with Gasteiger partial charge in [-0.05, 0) is 37.8 Å². The van der Waals surface area contributed by atoms with Crippen molar-refractivity contribution in [2.24, 2.45) is 5.41 Å². The maximum atomic E-state index is 12.8. The second-order valence-corrected chi connectivity index (χ2v) is 8.40. The topological polar surface area (TPSA) is 126 Å². The standard InChI is InChI=1S/C21H25N7O3/c1-22-17-9-16(25-15-3-2-8-27(20(15)31)13-4-5-13)26-18-14(10-24-28(17)18)19(30)23-11-21(12-29)6-7-21/h2-3,8-10,13,22,29H,4-7,11-12H2,1H3,(H,23,30)(H,25,26). The zero-order valence-corrected chi connectivity index (χ0v) is 17.3. The Morgan fingerprint density at radius 3 is 2.84 bits per heavy atom. The highest BCUT2D eigenvalue weighted by molar-refractivity contribution is 6.00. The average Bonchev–Trinajstić information content (AvgIpc) is 3.71. The summed E-state index contributed by atoms with van der Waals surface area (Å²) < 4.78 is 3.29. The molecule has 10 nitrogen and oxygen atoms in total. The first-order chi connectivity index (χ1) is 15.0. The van der Waals surface area contributed by atoms with Gasteiger partial charge >= 0.3 is 0 Å². The molecule has 31 heavy (non-hydrogen) atoms. The van der Waals surface area contributed by atoms with Gasteiger partial charge in [-0.15, -0.1) is 0 Å². The zero-order chi connectivity index (χ0) is 21.6. The van der Waals surface area contributed by atoms with E-state index < -0.39 is 0 Å². The average molecular weight is 423 g/mol. The van der Waals surface area contributed by atoms with Crippen LogP contribution in [0.4, 0.5) is 17.3 Å². The Morgan fingerprint density at radius 2 is 2.16 bits per heavy atom. The van der Waals surface area contributed by atoms with Gasteiger partial charge in [-0.2, -0.15) is 9.61 Å². The SMILES string of the molecule is CNc1cc(Nc2cccn(C3CC3)c2=O)nc2c(C(=O)NCC3(CO)CC3)cnn12. The fourth-order valence-electron chi connectivity index (χ4n) is 3.68. The third-order valence-electron chi connectivity index (χ3n) is 6.07. The van der Waals surface area contributed by atoms with Crippen LogP contribution in [0.2, 0.25) is 0 Å². The van der Waals surface area contributed by atoms with Gasteiger partial charge in [0, 0.05) is 37.3 Å². The van der Waals surface area contributed by atoms with Crippen molar-refractivity contribution in [3.8, 4) is 0 Å². The number of carbonyl (C=O) groups excluding carboxylic acids is 1. The molecule has 0 bridgehead atoms. The van der Waals surface area contributed by atoms with E-state index in [4.69, 9.17) is 0 Å². The van der Waals surface area contributed by atoms with Gasteiger partial charge in [-0.25, -0.2) is 4.98 Å². The molecule has 2 saturated carbocycles. The summed E-state index contributed by atoms with van der Waals surface area (Å²) >= 11 is 0. The van der Waals surface area contributed by atoms with Crippen molar-refractivity contribution >= 4 is 28.9 Å². The Kier molecular flexibility index (Phi) is 4.66. The molecule has 2 aliphatic carbocycles. The fraction of sp³-hybridized carbons (Fsp3) is 0.429. The molecule has 3 aromatic heterocycles. The summed E-state index contributed by atoms with van der Waals surface area (Å²) in [5.41, 5.74) is 0.848. The van der Waals surface area contributed by atoms with Gasteiger partial charge < -0.3 is 25.6 Å². The highest BCUT2D eigenvalue weighted by Gasteiger charge is 2.42. The third kappa shape index (κ3) is 3.63. The van der Waals surface area contributed by atoms with E-state index in [-0.39, 0.29) is 29.5 Å². The highest BCUT2D eigenvalue weighted by Crippen LogP contribution is 2.44. The fourth-order valence-corrected chi connectivity index (χ4v) is 3.68. The number of amides is 1. The normalized spacial score (nSPS) is 16.8. The number of rotatable bonds is 8. The van der Waals surface area contributed by atoms with Crippen molar-refractivity contribution < 1.29 is 9.90 Å². The Balaban J connectivity index is 1.46. The largest absolute Gasteiger partial charge is 0.396 e. The van der Waals surface area contributed by atoms with Crippen molar-refractivity contribution in [2.45, 2.75) is 31.7 Å². The zero-order valence-electron chi connectivity index (χ0n) is 17.3. The summed E-state index contributed by atoms with van der Waals surface area (Å²) in [6.07, 6.45) is 7.13. The van der Waals surface area contributed by atoms with Gasteiger partial charge in [-0.3, -0.25) is 9.59 Å². The number of hydrogen-bond acceptors (Lipinski definition) is 7. The van der Waals surface area contributed by atoms with Gasteiger partial charge in [-0.1, -0.05) is 0 Å². The molecule has 0 atom stereocenters. The first-order valence-corrected chi connectivity index (χ1v) is 10.5. The van der Waals surface area contributed by atoms with Gasteiger partial charge in [0.2, 0.25) is 0 Å². The van der Waals surface area contributed by atoms with E-state index in [1.807, 2.05) is 6.07 Å². The molecule has 5 rings (SSSR count). The van der Waals surface area contributed by atoms with Crippen LogP contribution in [0.15, 0.2) is 35.4 Å². The Labute approximate surface area is 178 Å². The van der Waals surface area contributed by atoms with Gasteiger partial charge in [0.15, 0.2) is 5.65 Å². The van der Waals surface area contributed by atoms with Crippen LogP contribution in [-0.2, 0) is 0 Å². The van der Waals surface area contributed by atoms with E-state index in [1.54, 1.807) is 34.5 Å². The Bertz CT molecular complexity index is 1210. The number of nitrogens with one attached hydrogen (secondary N) is 3. The summed E-state index contributed by atoms with van der Waals surface area (Å²) in [6.45, 7) is 0.481. The molecule has 0 aliphatic heterocycles. The van der Waals surface area contributed by atoms with Crippen LogP contribution in [0.5, 0.6) is 0 Å². The summed E-state index contributed by atoms with van der Waals surface area (Å²) in [7, 11) is 1.75. The molecule has 1 amide bonds. The molecule has 162 valence electrons. The van der Waals surface area contributed by atoms with Gasteiger partial charge in [0.05, 0.1) is 12.8 Å². The lowest BCUT2D eigenvalue weighted by atomic mass is 10.1. The predicted octanol–water partition coefficient (Wildman–Crippen LogP) is 1.51. The predicted molar refractivity (Wildman–Crippen MR) is 116 cm³/mol. The number of aromatic nitrogens is 4. The van der Waals surface area contributed by atoms with E-state index >= 15 is 0 Å². The van der Waals surface area contributed by atoms with E-state index in [0.29, 0.717) is 35.1 Å². The number of carbonyl (C=O) groups is 1. The van der Waals surface area contributed by atoms with Crippen LogP contribution in [0, 0.1) is 5.41 Å².